The quantitative estimate of drug-likeness (QED) is 0.736. The Morgan fingerprint density at radius 2 is 2.14 bits per heavy atom. The predicted octanol–water partition coefficient (Wildman–Crippen LogP) is 2.25. The monoisotopic (exact) mass is 234 g/mol. The van der Waals surface area contributed by atoms with E-state index in [1.54, 1.807) is 12.1 Å². The molecule has 0 N–H and O–H groups in total. The van der Waals surface area contributed by atoms with Crippen LogP contribution in [0.5, 0.6) is 0 Å². The summed E-state index contributed by atoms with van der Waals surface area (Å²) < 4.78 is 34.7. The molecule has 1 saturated carbocycles. The van der Waals surface area contributed by atoms with E-state index in [-0.39, 0.29) is 11.7 Å². The molecule has 2 atom stereocenters. The zero-order valence-corrected chi connectivity index (χ0v) is 8.72. The molecule has 1 aliphatic carbocycles. The smallest absolute Gasteiger partial charge is 0.212 e. The van der Waals surface area contributed by atoms with Gasteiger partial charge >= 0.3 is 0 Å². The Hall–Kier alpha value is -0.610. The third-order valence-electron chi connectivity index (χ3n) is 2.37. The Bertz CT molecular complexity index is 458. The van der Waals surface area contributed by atoms with E-state index in [1.807, 2.05) is 0 Å². The highest BCUT2D eigenvalue weighted by Gasteiger charge is 2.47. The first kappa shape index (κ1) is 9.93. The summed E-state index contributed by atoms with van der Waals surface area (Å²) in [7, 11) is 1.70. The normalized spacial score (nSPS) is 26.1. The Morgan fingerprint density at radius 1 is 1.43 bits per heavy atom. The number of benzene rings is 1. The van der Waals surface area contributed by atoms with Gasteiger partial charge in [-0.1, -0.05) is 12.1 Å². The molecule has 2 rings (SSSR count). The fourth-order valence-corrected chi connectivity index (χ4v) is 3.15. The van der Waals surface area contributed by atoms with E-state index in [1.165, 1.54) is 12.1 Å². The molecule has 0 saturated heterocycles. The van der Waals surface area contributed by atoms with Crippen molar-refractivity contribution in [3.05, 3.63) is 35.6 Å². The average Bonchev–Trinajstić information content (AvgIpc) is 2.81. The zero-order valence-electron chi connectivity index (χ0n) is 7.15. The zero-order chi connectivity index (χ0) is 10.3. The van der Waals surface area contributed by atoms with Crippen LogP contribution in [0.15, 0.2) is 24.3 Å². The van der Waals surface area contributed by atoms with Gasteiger partial charge in [-0.2, -0.15) is 0 Å². The molecule has 0 unspecified atom stereocenters. The Labute approximate surface area is 86.1 Å². The second-order valence-corrected chi connectivity index (χ2v) is 6.26. The first-order chi connectivity index (χ1) is 6.48. The third-order valence-corrected chi connectivity index (χ3v) is 4.30. The summed E-state index contributed by atoms with van der Waals surface area (Å²) in [5, 5.41) is -0.536. The minimum atomic E-state index is -3.49. The number of hydrogen-bond acceptors (Lipinski definition) is 2. The molecule has 0 bridgehead atoms. The summed E-state index contributed by atoms with van der Waals surface area (Å²) in [5.41, 5.74) is 0.708. The van der Waals surface area contributed by atoms with Crippen LogP contribution in [-0.4, -0.2) is 13.7 Å². The van der Waals surface area contributed by atoms with Crippen molar-refractivity contribution in [1.82, 2.24) is 0 Å². The van der Waals surface area contributed by atoms with Crippen molar-refractivity contribution < 1.29 is 12.8 Å². The fourth-order valence-electron chi connectivity index (χ4n) is 1.57. The number of rotatable bonds is 2. The van der Waals surface area contributed by atoms with Crippen LogP contribution in [0.3, 0.4) is 0 Å². The first-order valence-corrected chi connectivity index (χ1v) is 6.54. The third kappa shape index (κ3) is 1.91. The molecule has 0 aromatic heterocycles. The summed E-state index contributed by atoms with van der Waals surface area (Å²) in [6, 6.07) is 5.97. The lowest BCUT2D eigenvalue weighted by Crippen LogP contribution is -1.99. The van der Waals surface area contributed by atoms with Gasteiger partial charge < -0.3 is 0 Å². The van der Waals surface area contributed by atoms with E-state index in [9.17, 15) is 12.8 Å². The van der Waals surface area contributed by atoms with Crippen LogP contribution < -0.4 is 0 Å². The van der Waals surface area contributed by atoms with Crippen LogP contribution in [0.25, 0.3) is 0 Å². The standard InChI is InChI=1S/C9H8ClFO2S/c10-14(12,13)9-5-8(9)6-2-1-3-7(11)4-6/h1-4,8-9H,5H2/t8-,9+/m0/s1. The SMILES string of the molecule is O=S(=O)(Cl)[C@@H]1C[C@H]1c1cccc(F)c1. The minimum absolute atomic E-state index is 0.131. The van der Waals surface area contributed by atoms with Gasteiger partial charge in [-0.05, 0) is 24.1 Å². The van der Waals surface area contributed by atoms with Crippen LogP contribution in [0, 0.1) is 5.82 Å². The molecule has 0 spiro atoms. The second kappa shape index (κ2) is 3.21. The lowest BCUT2D eigenvalue weighted by molar-refractivity contribution is 0.607. The van der Waals surface area contributed by atoms with E-state index in [0.29, 0.717) is 12.0 Å². The minimum Gasteiger partial charge on any atom is -0.212 e. The predicted molar refractivity (Wildman–Crippen MR) is 52.3 cm³/mol. The maximum atomic E-state index is 12.8. The molecule has 0 radical (unpaired) electrons. The highest BCUT2D eigenvalue weighted by atomic mass is 35.7. The van der Waals surface area contributed by atoms with Gasteiger partial charge in [0.25, 0.3) is 0 Å². The lowest BCUT2D eigenvalue weighted by Gasteiger charge is -1.98. The van der Waals surface area contributed by atoms with Crippen molar-refractivity contribution in [2.75, 3.05) is 0 Å². The first-order valence-electron chi connectivity index (χ1n) is 4.17. The maximum Gasteiger partial charge on any atom is 0.236 e. The second-order valence-electron chi connectivity index (χ2n) is 3.41. The van der Waals surface area contributed by atoms with Crippen LogP contribution in [0.1, 0.15) is 17.9 Å². The Morgan fingerprint density at radius 3 is 2.64 bits per heavy atom. The van der Waals surface area contributed by atoms with Gasteiger partial charge in [0, 0.05) is 16.6 Å². The summed E-state index contributed by atoms with van der Waals surface area (Å²) >= 11 is 0. The molecule has 0 aliphatic heterocycles. The van der Waals surface area contributed by atoms with Crippen molar-refractivity contribution in [2.24, 2.45) is 0 Å². The Balaban J connectivity index is 2.22. The maximum absolute atomic E-state index is 12.8. The molecule has 76 valence electrons. The van der Waals surface area contributed by atoms with Crippen LogP contribution in [0.2, 0.25) is 0 Å². The molecule has 1 fully saturated rings. The van der Waals surface area contributed by atoms with Crippen molar-refractivity contribution in [2.45, 2.75) is 17.6 Å². The molecular weight excluding hydrogens is 227 g/mol. The van der Waals surface area contributed by atoms with E-state index in [2.05, 4.69) is 0 Å². The van der Waals surface area contributed by atoms with E-state index in [0.717, 1.165) is 0 Å². The van der Waals surface area contributed by atoms with Gasteiger partial charge in [0.05, 0.1) is 5.25 Å². The average molecular weight is 235 g/mol. The van der Waals surface area contributed by atoms with Crippen molar-refractivity contribution >= 4 is 19.7 Å². The van der Waals surface area contributed by atoms with Crippen LogP contribution in [0.4, 0.5) is 4.39 Å². The summed E-state index contributed by atoms with van der Waals surface area (Å²) in [6.45, 7) is 0. The van der Waals surface area contributed by atoms with Gasteiger partial charge in [-0.3, -0.25) is 0 Å². The van der Waals surface area contributed by atoms with Crippen LogP contribution in [-0.2, 0) is 9.05 Å². The van der Waals surface area contributed by atoms with Crippen molar-refractivity contribution in [3.8, 4) is 0 Å². The van der Waals surface area contributed by atoms with Gasteiger partial charge in [-0.15, -0.1) is 0 Å². The largest absolute Gasteiger partial charge is 0.236 e. The molecule has 1 aromatic carbocycles. The molecule has 1 aromatic rings. The molecule has 0 heterocycles. The molecule has 14 heavy (non-hydrogen) atoms. The highest BCUT2D eigenvalue weighted by molar-refractivity contribution is 8.14. The molecule has 1 aliphatic rings. The van der Waals surface area contributed by atoms with Gasteiger partial charge in [0.1, 0.15) is 5.82 Å². The molecule has 5 heteroatoms. The molecule has 2 nitrogen and oxygen atoms in total. The summed E-state index contributed by atoms with van der Waals surface area (Å²) in [5.74, 6) is -0.478. The van der Waals surface area contributed by atoms with Crippen LogP contribution >= 0.6 is 10.7 Å². The topological polar surface area (TPSA) is 34.1 Å². The highest BCUT2D eigenvalue weighted by Crippen LogP contribution is 2.47. The lowest BCUT2D eigenvalue weighted by atomic mass is 10.1. The van der Waals surface area contributed by atoms with Gasteiger partial charge in [-0.25, -0.2) is 12.8 Å². The van der Waals surface area contributed by atoms with Gasteiger partial charge in [0.2, 0.25) is 9.05 Å². The van der Waals surface area contributed by atoms with E-state index < -0.39 is 14.3 Å². The Kier molecular flexibility index (Phi) is 2.27. The summed E-state index contributed by atoms with van der Waals surface area (Å²) in [6.07, 6.45) is 0.495. The molecular formula is C9H8ClFO2S. The molecule has 0 amide bonds. The van der Waals surface area contributed by atoms with Gasteiger partial charge in [0.15, 0.2) is 0 Å². The van der Waals surface area contributed by atoms with Crippen molar-refractivity contribution in [1.29, 1.82) is 0 Å². The van der Waals surface area contributed by atoms with E-state index >= 15 is 0 Å². The van der Waals surface area contributed by atoms with E-state index in [4.69, 9.17) is 10.7 Å². The summed E-state index contributed by atoms with van der Waals surface area (Å²) in [4.78, 5) is 0. The number of hydrogen-bond donors (Lipinski definition) is 0. The van der Waals surface area contributed by atoms with Crippen molar-refractivity contribution in [3.63, 3.8) is 0 Å². The fraction of sp³-hybridized carbons (Fsp3) is 0.333. The number of halogens is 2.